The van der Waals surface area contributed by atoms with Gasteiger partial charge in [0, 0.05) is 24.0 Å². The van der Waals surface area contributed by atoms with Crippen LogP contribution in [0.2, 0.25) is 0 Å². The second-order valence-corrected chi connectivity index (χ2v) is 10.2. The van der Waals surface area contributed by atoms with Crippen LogP contribution in [-0.2, 0) is 14.3 Å². The Hall–Kier alpha value is -3.00. The first-order valence-electron chi connectivity index (χ1n) is 12.1. The number of thioether (sulfide) groups is 1. The third kappa shape index (κ3) is 5.03. The zero-order valence-electron chi connectivity index (χ0n) is 20.2. The van der Waals surface area contributed by atoms with Crippen LogP contribution in [0.25, 0.3) is 11.1 Å². The van der Waals surface area contributed by atoms with Gasteiger partial charge >= 0.3 is 12.1 Å². The van der Waals surface area contributed by atoms with Crippen molar-refractivity contribution in [2.45, 2.75) is 50.6 Å². The van der Waals surface area contributed by atoms with Crippen LogP contribution < -0.4 is 5.32 Å². The van der Waals surface area contributed by atoms with Crippen LogP contribution in [-0.4, -0.2) is 64.2 Å². The topological polar surface area (TPSA) is 95.9 Å². The lowest BCUT2D eigenvalue weighted by Crippen LogP contribution is -2.62. The summed E-state index contributed by atoms with van der Waals surface area (Å²) >= 11 is 1.65. The predicted octanol–water partition coefficient (Wildman–Crippen LogP) is 4.50. The highest BCUT2D eigenvalue weighted by Crippen LogP contribution is 2.44. The molecule has 2 aromatic rings. The fraction of sp³-hybridized carbons (Fsp3) is 0.444. The maximum absolute atomic E-state index is 13.7. The number of ether oxygens (including phenoxy) is 1. The minimum atomic E-state index is -1.14. The second-order valence-electron chi connectivity index (χ2n) is 9.06. The molecule has 4 rings (SSSR count). The van der Waals surface area contributed by atoms with Gasteiger partial charge in [-0.25, -0.2) is 4.79 Å². The van der Waals surface area contributed by atoms with E-state index < -0.39 is 17.6 Å². The van der Waals surface area contributed by atoms with Crippen molar-refractivity contribution in [3.63, 3.8) is 0 Å². The summed E-state index contributed by atoms with van der Waals surface area (Å²) in [7, 11) is 0. The molecule has 1 heterocycles. The standard InChI is InChI=1S/C27H32N2O5S/c1-3-27(4-2,25(32)29-13-14-35-17-18(29)15-24(30)31)28-26(33)34-16-23-21-11-7-5-9-19(21)20-10-6-8-12-22(20)23/h5-12,18,23H,3-4,13-17H2,1-2H3,(H,28,33)(H,30,31). The predicted molar refractivity (Wildman–Crippen MR) is 137 cm³/mol. The molecule has 2 aliphatic rings. The van der Waals surface area contributed by atoms with Gasteiger partial charge < -0.3 is 20.1 Å². The van der Waals surface area contributed by atoms with Crippen LogP contribution in [0.15, 0.2) is 48.5 Å². The second kappa shape index (κ2) is 10.7. The first-order chi connectivity index (χ1) is 16.9. The molecule has 2 aromatic carbocycles. The summed E-state index contributed by atoms with van der Waals surface area (Å²) in [5, 5.41) is 12.2. The van der Waals surface area contributed by atoms with Crippen LogP contribution in [0.1, 0.15) is 50.2 Å². The summed E-state index contributed by atoms with van der Waals surface area (Å²) in [6.07, 6.45) is 0.0316. The first-order valence-corrected chi connectivity index (χ1v) is 13.3. The molecule has 7 nitrogen and oxygen atoms in total. The van der Waals surface area contributed by atoms with E-state index in [0.717, 1.165) is 28.0 Å². The first kappa shape index (κ1) is 25.1. The summed E-state index contributed by atoms with van der Waals surface area (Å²) in [6, 6.07) is 15.9. The Morgan fingerprint density at radius 2 is 1.66 bits per heavy atom. The molecule has 0 radical (unpaired) electrons. The number of aliphatic carboxylic acids is 1. The van der Waals surface area contributed by atoms with Crippen molar-refractivity contribution in [2.75, 3.05) is 24.7 Å². The molecular weight excluding hydrogens is 464 g/mol. The third-order valence-corrected chi connectivity index (χ3v) is 8.29. The molecule has 8 heteroatoms. The number of carbonyl (C=O) groups excluding carboxylic acids is 2. The molecule has 35 heavy (non-hydrogen) atoms. The van der Waals surface area contributed by atoms with E-state index in [1.165, 1.54) is 0 Å². The van der Waals surface area contributed by atoms with Gasteiger partial charge in [0.1, 0.15) is 12.1 Å². The summed E-state index contributed by atoms with van der Waals surface area (Å²) < 4.78 is 5.71. The van der Waals surface area contributed by atoms with E-state index in [1.807, 2.05) is 38.1 Å². The Bertz CT molecular complexity index is 1050. The van der Waals surface area contributed by atoms with Crippen molar-refractivity contribution in [3.05, 3.63) is 59.7 Å². The molecule has 1 saturated heterocycles. The molecule has 1 atom stereocenters. The highest BCUT2D eigenvalue weighted by molar-refractivity contribution is 7.99. The van der Waals surface area contributed by atoms with E-state index in [2.05, 4.69) is 29.6 Å². The van der Waals surface area contributed by atoms with Gasteiger partial charge in [0.05, 0.1) is 12.5 Å². The summed E-state index contributed by atoms with van der Waals surface area (Å²) in [6.45, 7) is 4.35. The van der Waals surface area contributed by atoms with Crippen molar-refractivity contribution in [1.82, 2.24) is 10.2 Å². The molecule has 2 amide bonds. The number of hydrogen-bond donors (Lipinski definition) is 2. The molecule has 1 aliphatic heterocycles. The van der Waals surface area contributed by atoms with Crippen molar-refractivity contribution >= 4 is 29.7 Å². The average molecular weight is 497 g/mol. The van der Waals surface area contributed by atoms with E-state index >= 15 is 0 Å². The van der Waals surface area contributed by atoms with Crippen molar-refractivity contribution in [3.8, 4) is 11.1 Å². The van der Waals surface area contributed by atoms with Crippen molar-refractivity contribution in [1.29, 1.82) is 0 Å². The van der Waals surface area contributed by atoms with Gasteiger partial charge in [-0.15, -0.1) is 0 Å². The average Bonchev–Trinajstić information content (AvgIpc) is 3.19. The maximum Gasteiger partial charge on any atom is 0.408 e. The minimum Gasteiger partial charge on any atom is -0.481 e. The number of hydrogen-bond acceptors (Lipinski definition) is 5. The Labute approximate surface area is 210 Å². The number of nitrogens with one attached hydrogen (secondary N) is 1. The van der Waals surface area contributed by atoms with Gasteiger partial charge in [-0.3, -0.25) is 9.59 Å². The fourth-order valence-corrected chi connectivity index (χ4v) is 6.24. The van der Waals surface area contributed by atoms with Gasteiger partial charge in [0.2, 0.25) is 5.91 Å². The molecule has 0 saturated carbocycles. The molecule has 0 aromatic heterocycles. The van der Waals surface area contributed by atoms with Crippen LogP contribution in [0, 0.1) is 0 Å². The Morgan fingerprint density at radius 1 is 1.06 bits per heavy atom. The van der Waals surface area contributed by atoms with Crippen LogP contribution in [0.3, 0.4) is 0 Å². The number of rotatable bonds is 8. The monoisotopic (exact) mass is 496 g/mol. The quantitative estimate of drug-likeness (QED) is 0.559. The number of alkyl carbamates (subject to hydrolysis) is 1. The van der Waals surface area contributed by atoms with E-state index in [-0.39, 0.29) is 30.9 Å². The summed E-state index contributed by atoms with van der Waals surface area (Å²) in [5.41, 5.74) is 3.41. The Morgan fingerprint density at radius 3 is 2.23 bits per heavy atom. The Kier molecular flexibility index (Phi) is 7.69. The number of carboxylic acids is 1. The highest BCUT2D eigenvalue weighted by Gasteiger charge is 2.43. The van der Waals surface area contributed by atoms with Crippen molar-refractivity contribution in [2.24, 2.45) is 0 Å². The Balaban J connectivity index is 1.47. The van der Waals surface area contributed by atoms with E-state index in [4.69, 9.17) is 4.74 Å². The van der Waals surface area contributed by atoms with Gasteiger partial charge in [-0.2, -0.15) is 11.8 Å². The molecular formula is C27H32N2O5S. The van der Waals surface area contributed by atoms with Crippen LogP contribution >= 0.6 is 11.8 Å². The number of fused-ring (bicyclic) bond motifs is 3. The molecule has 186 valence electrons. The van der Waals surface area contributed by atoms with Crippen LogP contribution in [0.5, 0.6) is 0 Å². The van der Waals surface area contributed by atoms with E-state index in [0.29, 0.717) is 25.1 Å². The van der Waals surface area contributed by atoms with Gasteiger partial charge in [0.25, 0.3) is 0 Å². The lowest BCUT2D eigenvalue weighted by atomic mass is 9.90. The SMILES string of the molecule is CCC(CC)(NC(=O)OCC1c2ccccc2-c2ccccc21)C(=O)N1CCSCC1CC(=O)O. The maximum atomic E-state index is 13.7. The molecule has 1 aliphatic carbocycles. The molecule has 1 fully saturated rings. The number of nitrogens with zero attached hydrogens (tertiary/aromatic N) is 1. The zero-order valence-corrected chi connectivity index (χ0v) is 21.0. The summed E-state index contributed by atoms with van der Waals surface area (Å²) in [4.78, 5) is 39.6. The number of carbonyl (C=O) groups is 3. The van der Waals surface area contributed by atoms with Crippen molar-refractivity contribution < 1.29 is 24.2 Å². The fourth-order valence-electron chi connectivity index (χ4n) is 5.18. The van der Waals surface area contributed by atoms with E-state index in [1.54, 1.807) is 16.7 Å². The number of amides is 2. The summed E-state index contributed by atoms with van der Waals surface area (Å²) in [5.74, 6) is 0.0875. The lowest BCUT2D eigenvalue weighted by molar-refractivity contribution is -0.144. The molecule has 0 spiro atoms. The molecule has 0 bridgehead atoms. The smallest absolute Gasteiger partial charge is 0.408 e. The normalized spacial score (nSPS) is 17.4. The van der Waals surface area contributed by atoms with Gasteiger partial charge in [0.15, 0.2) is 0 Å². The van der Waals surface area contributed by atoms with Crippen LogP contribution in [0.4, 0.5) is 4.79 Å². The minimum absolute atomic E-state index is 0.0689. The highest BCUT2D eigenvalue weighted by atomic mass is 32.2. The molecule has 2 N–H and O–H groups in total. The third-order valence-electron chi connectivity index (χ3n) is 7.20. The largest absolute Gasteiger partial charge is 0.481 e. The number of benzene rings is 2. The zero-order chi connectivity index (χ0) is 25.0. The van der Waals surface area contributed by atoms with Gasteiger partial charge in [-0.05, 0) is 35.1 Å². The number of carboxylic acid groups (broad SMARTS) is 1. The van der Waals surface area contributed by atoms with E-state index in [9.17, 15) is 19.5 Å². The van der Waals surface area contributed by atoms with Gasteiger partial charge in [-0.1, -0.05) is 62.4 Å². The lowest BCUT2D eigenvalue weighted by Gasteiger charge is -2.41. The molecule has 1 unspecified atom stereocenters.